The quantitative estimate of drug-likeness (QED) is 0.629. The highest BCUT2D eigenvalue weighted by Gasteiger charge is 2.19. The van der Waals surface area contributed by atoms with Gasteiger partial charge in [0.25, 0.3) is 0 Å². The van der Waals surface area contributed by atoms with Crippen molar-refractivity contribution in [2.24, 2.45) is 7.05 Å². The molecule has 1 unspecified atom stereocenters. The number of esters is 1. The number of thiophene rings is 1. The van der Waals surface area contributed by atoms with Crippen molar-refractivity contribution in [1.29, 1.82) is 0 Å². The Morgan fingerprint density at radius 1 is 1.54 bits per heavy atom. The molecule has 1 atom stereocenters. The zero-order valence-electron chi connectivity index (χ0n) is 13.6. The molecule has 2 heterocycles. The van der Waals surface area contributed by atoms with Gasteiger partial charge in [-0.1, -0.05) is 17.7 Å². The fourth-order valence-electron chi connectivity index (χ4n) is 2.18. The second kappa shape index (κ2) is 8.12. The van der Waals surface area contributed by atoms with E-state index in [0.29, 0.717) is 10.7 Å². The van der Waals surface area contributed by atoms with Gasteiger partial charge in [-0.3, -0.25) is 14.3 Å². The van der Waals surface area contributed by atoms with Gasteiger partial charge in [0.05, 0.1) is 25.3 Å². The first-order chi connectivity index (χ1) is 11.4. The van der Waals surface area contributed by atoms with Crippen LogP contribution in [0.15, 0.2) is 23.6 Å². The standard InChI is InChI=1S/C16H18ClN3O3S/c1-10-11(16(17)20(2)19-10)6-7-14(21)18-12(9-15(22)23-3)13-5-4-8-24-13/h4-8,12H,9H2,1-3H3,(H,18,21)/b7-6+. The number of amides is 1. The molecule has 0 radical (unpaired) electrons. The van der Waals surface area contributed by atoms with Crippen LogP contribution in [-0.2, 0) is 21.4 Å². The number of rotatable bonds is 6. The molecule has 0 saturated heterocycles. The van der Waals surface area contributed by atoms with Crippen molar-refractivity contribution < 1.29 is 14.3 Å². The van der Waals surface area contributed by atoms with Crippen LogP contribution in [0.5, 0.6) is 0 Å². The van der Waals surface area contributed by atoms with Crippen LogP contribution in [0.25, 0.3) is 6.08 Å². The average Bonchev–Trinajstić information content (AvgIpc) is 3.15. The molecule has 0 bridgehead atoms. The molecule has 0 spiro atoms. The summed E-state index contributed by atoms with van der Waals surface area (Å²) < 4.78 is 6.23. The first-order valence-electron chi connectivity index (χ1n) is 7.20. The fourth-order valence-corrected chi connectivity index (χ4v) is 3.19. The molecule has 0 aromatic carbocycles. The van der Waals surface area contributed by atoms with Gasteiger partial charge in [0.15, 0.2) is 0 Å². The third-order valence-corrected chi connectivity index (χ3v) is 4.83. The summed E-state index contributed by atoms with van der Waals surface area (Å²) in [5, 5.41) is 9.35. The smallest absolute Gasteiger partial charge is 0.307 e. The molecule has 2 aromatic rings. The number of aromatic nitrogens is 2. The minimum Gasteiger partial charge on any atom is -0.469 e. The van der Waals surface area contributed by atoms with Crippen LogP contribution in [0.4, 0.5) is 0 Å². The van der Waals surface area contributed by atoms with Crippen molar-refractivity contribution in [2.75, 3.05) is 7.11 Å². The molecule has 0 fully saturated rings. The van der Waals surface area contributed by atoms with Crippen molar-refractivity contribution in [3.05, 3.63) is 44.9 Å². The predicted octanol–water partition coefficient (Wildman–Crippen LogP) is 2.88. The summed E-state index contributed by atoms with van der Waals surface area (Å²) >= 11 is 7.60. The largest absolute Gasteiger partial charge is 0.469 e. The summed E-state index contributed by atoms with van der Waals surface area (Å²) in [6.45, 7) is 1.81. The summed E-state index contributed by atoms with van der Waals surface area (Å²) in [5.74, 6) is -0.708. The lowest BCUT2D eigenvalue weighted by atomic mass is 10.1. The minimum absolute atomic E-state index is 0.0727. The first-order valence-corrected chi connectivity index (χ1v) is 8.46. The molecule has 6 nitrogen and oxygen atoms in total. The Balaban J connectivity index is 2.10. The van der Waals surface area contributed by atoms with Crippen LogP contribution in [0.1, 0.15) is 28.6 Å². The van der Waals surface area contributed by atoms with Crippen LogP contribution in [0.2, 0.25) is 5.15 Å². The minimum atomic E-state index is -0.430. The van der Waals surface area contributed by atoms with Crippen LogP contribution in [0.3, 0.4) is 0 Å². The van der Waals surface area contributed by atoms with Crippen molar-refractivity contribution in [3.63, 3.8) is 0 Å². The van der Waals surface area contributed by atoms with E-state index in [-0.39, 0.29) is 18.3 Å². The first kappa shape index (κ1) is 18.2. The van der Waals surface area contributed by atoms with E-state index in [1.165, 1.54) is 24.5 Å². The summed E-state index contributed by atoms with van der Waals surface area (Å²) in [6, 6.07) is 3.30. The molecule has 2 rings (SSSR count). The van der Waals surface area contributed by atoms with Gasteiger partial charge < -0.3 is 10.1 Å². The summed E-state index contributed by atoms with van der Waals surface area (Å²) in [6.07, 6.45) is 3.07. The van der Waals surface area contributed by atoms with Crippen molar-refractivity contribution in [2.45, 2.75) is 19.4 Å². The molecule has 0 saturated carbocycles. The highest BCUT2D eigenvalue weighted by molar-refractivity contribution is 7.10. The molecule has 1 amide bonds. The SMILES string of the molecule is COC(=O)CC(NC(=O)/C=C/c1c(C)nn(C)c1Cl)c1cccs1. The Morgan fingerprint density at radius 3 is 2.83 bits per heavy atom. The normalized spacial score (nSPS) is 12.3. The van der Waals surface area contributed by atoms with E-state index in [4.69, 9.17) is 16.3 Å². The Bertz CT molecular complexity index is 753. The maximum absolute atomic E-state index is 12.2. The van der Waals surface area contributed by atoms with Gasteiger partial charge in [0, 0.05) is 23.6 Å². The average molecular weight is 368 g/mol. The lowest BCUT2D eigenvalue weighted by Crippen LogP contribution is -2.28. The van der Waals surface area contributed by atoms with Gasteiger partial charge in [-0.25, -0.2) is 0 Å². The van der Waals surface area contributed by atoms with E-state index in [0.717, 1.165) is 10.6 Å². The van der Waals surface area contributed by atoms with Crippen LogP contribution in [0, 0.1) is 6.92 Å². The zero-order valence-corrected chi connectivity index (χ0v) is 15.1. The summed E-state index contributed by atoms with van der Waals surface area (Å²) in [4.78, 5) is 24.6. The third-order valence-electron chi connectivity index (χ3n) is 3.40. The molecular weight excluding hydrogens is 350 g/mol. The zero-order chi connectivity index (χ0) is 17.7. The Morgan fingerprint density at radius 2 is 2.29 bits per heavy atom. The number of nitrogens with one attached hydrogen (secondary N) is 1. The lowest BCUT2D eigenvalue weighted by molar-refractivity contribution is -0.141. The molecule has 2 aromatic heterocycles. The summed E-state index contributed by atoms with van der Waals surface area (Å²) in [5.41, 5.74) is 1.42. The number of carbonyl (C=O) groups excluding carboxylic acids is 2. The predicted molar refractivity (Wildman–Crippen MR) is 93.8 cm³/mol. The van der Waals surface area contributed by atoms with Crippen molar-refractivity contribution >= 4 is 40.9 Å². The maximum atomic E-state index is 12.2. The summed E-state index contributed by atoms with van der Waals surface area (Å²) in [7, 11) is 3.05. The second-order valence-electron chi connectivity index (χ2n) is 5.10. The van der Waals surface area contributed by atoms with Gasteiger partial charge in [-0.2, -0.15) is 5.10 Å². The molecule has 8 heteroatoms. The van der Waals surface area contributed by atoms with E-state index in [1.807, 2.05) is 24.4 Å². The Hall–Kier alpha value is -2.12. The number of aryl methyl sites for hydroxylation is 2. The number of halogens is 1. The lowest BCUT2D eigenvalue weighted by Gasteiger charge is -2.15. The van der Waals surface area contributed by atoms with Gasteiger partial charge in [0.2, 0.25) is 5.91 Å². The van der Waals surface area contributed by atoms with Crippen molar-refractivity contribution in [3.8, 4) is 0 Å². The molecule has 1 N–H and O–H groups in total. The third kappa shape index (κ3) is 4.46. The van der Waals surface area contributed by atoms with E-state index in [9.17, 15) is 9.59 Å². The van der Waals surface area contributed by atoms with E-state index < -0.39 is 6.04 Å². The van der Waals surface area contributed by atoms with E-state index in [2.05, 4.69) is 10.4 Å². The molecule has 0 aliphatic rings. The number of carbonyl (C=O) groups is 2. The van der Waals surface area contributed by atoms with Crippen LogP contribution >= 0.6 is 22.9 Å². The molecule has 0 aliphatic heterocycles. The highest BCUT2D eigenvalue weighted by atomic mass is 35.5. The van der Waals surface area contributed by atoms with Gasteiger partial charge in [-0.05, 0) is 24.4 Å². The second-order valence-corrected chi connectivity index (χ2v) is 6.44. The monoisotopic (exact) mass is 367 g/mol. The van der Waals surface area contributed by atoms with Crippen LogP contribution in [-0.4, -0.2) is 28.8 Å². The fraction of sp³-hybridized carbons (Fsp3) is 0.312. The number of hydrogen-bond donors (Lipinski definition) is 1. The molecule has 24 heavy (non-hydrogen) atoms. The van der Waals surface area contributed by atoms with E-state index in [1.54, 1.807) is 17.8 Å². The molecule has 128 valence electrons. The van der Waals surface area contributed by atoms with Gasteiger partial charge in [-0.15, -0.1) is 11.3 Å². The van der Waals surface area contributed by atoms with Gasteiger partial charge in [0.1, 0.15) is 5.15 Å². The maximum Gasteiger partial charge on any atom is 0.307 e. The van der Waals surface area contributed by atoms with Gasteiger partial charge >= 0.3 is 5.97 Å². The number of nitrogens with zero attached hydrogens (tertiary/aromatic N) is 2. The number of hydrogen-bond acceptors (Lipinski definition) is 5. The van der Waals surface area contributed by atoms with Crippen molar-refractivity contribution in [1.82, 2.24) is 15.1 Å². The van der Waals surface area contributed by atoms with E-state index >= 15 is 0 Å². The Kier molecular flexibility index (Phi) is 6.16. The molecule has 0 aliphatic carbocycles. The Labute approximate surface area is 149 Å². The number of methoxy groups -OCH3 is 1. The highest BCUT2D eigenvalue weighted by Crippen LogP contribution is 2.23. The van der Waals surface area contributed by atoms with Crippen LogP contribution < -0.4 is 5.32 Å². The topological polar surface area (TPSA) is 73.2 Å². The molecular formula is C16H18ClN3O3S. The number of ether oxygens (including phenoxy) is 1.